The molecule has 0 unspecified atom stereocenters. The third-order valence-electron chi connectivity index (χ3n) is 2.75. The summed E-state index contributed by atoms with van der Waals surface area (Å²) >= 11 is 4.96. The van der Waals surface area contributed by atoms with Crippen molar-refractivity contribution < 1.29 is 0 Å². The van der Waals surface area contributed by atoms with Crippen LogP contribution in [0.4, 0.5) is 0 Å². The van der Waals surface area contributed by atoms with Crippen LogP contribution in [0, 0.1) is 0 Å². The topological polar surface area (TPSA) is 57.8 Å². The minimum Gasteiger partial charge on any atom is -0.311 e. The second-order valence-electron chi connectivity index (χ2n) is 3.90. The standard InChI is InChI=1S/C11H10BrN3OS/c12-6-3-9(17-5-6)10-14-8-4-13-2-1-7(8)11(16)15-10/h3,5,13H,1-2,4H2,(H,14,15,16). The summed E-state index contributed by atoms with van der Waals surface area (Å²) in [6.45, 7) is 1.53. The first-order chi connectivity index (χ1) is 8.24. The fourth-order valence-electron chi connectivity index (χ4n) is 1.92. The van der Waals surface area contributed by atoms with Crippen LogP contribution in [0.5, 0.6) is 0 Å². The summed E-state index contributed by atoms with van der Waals surface area (Å²) in [6.07, 6.45) is 0.756. The van der Waals surface area contributed by atoms with Crippen molar-refractivity contribution in [3.05, 3.63) is 37.5 Å². The van der Waals surface area contributed by atoms with Crippen molar-refractivity contribution in [1.82, 2.24) is 15.3 Å². The van der Waals surface area contributed by atoms with Crippen molar-refractivity contribution >= 4 is 27.3 Å². The highest BCUT2D eigenvalue weighted by molar-refractivity contribution is 9.10. The van der Waals surface area contributed by atoms with E-state index in [1.165, 1.54) is 0 Å². The van der Waals surface area contributed by atoms with Gasteiger partial charge in [0.05, 0.1) is 10.6 Å². The van der Waals surface area contributed by atoms with Crippen molar-refractivity contribution in [2.24, 2.45) is 0 Å². The molecule has 1 aliphatic rings. The molecule has 3 heterocycles. The minimum atomic E-state index is -0.00368. The normalized spacial score (nSPS) is 14.6. The average molecular weight is 312 g/mol. The number of nitrogens with zero attached hydrogens (tertiary/aromatic N) is 1. The number of aromatic amines is 1. The molecule has 2 N–H and O–H groups in total. The summed E-state index contributed by atoms with van der Waals surface area (Å²) in [5.74, 6) is 0.660. The Bertz CT molecular complexity index is 619. The van der Waals surface area contributed by atoms with Crippen LogP contribution in [0.2, 0.25) is 0 Å². The molecule has 0 fully saturated rings. The lowest BCUT2D eigenvalue weighted by Crippen LogP contribution is -2.31. The molecule has 0 bridgehead atoms. The Morgan fingerprint density at radius 1 is 1.47 bits per heavy atom. The molecule has 0 saturated carbocycles. The van der Waals surface area contributed by atoms with Crippen LogP contribution in [0.25, 0.3) is 10.7 Å². The van der Waals surface area contributed by atoms with Gasteiger partial charge in [-0.25, -0.2) is 4.98 Å². The molecule has 3 rings (SSSR count). The second kappa shape index (κ2) is 4.36. The number of H-pyrrole nitrogens is 1. The van der Waals surface area contributed by atoms with E-state index >= 15 is 0 Å². The first-order valence-corrected chi connectivity index (χ1v) is 6.98. The molecule has 0 aliphatic carbocycles. The van der Waals surface area contributed by atoms with E-state index in [1.54, 1.807) is 11.3 Å². The predicted octanol–water partition coefficient (Wildman–Crippen LogP) is 1.91. The molecule has 6 heteroatoms. The van der Waals surface area contributed by atoms with Gasteiger partial charge in [0.1, 0.15) is 0 Å². The summed E-state index contributed by atoms with van der Waals surface area (Å²) in [5, 5.41) is 5.21. The Labute approximate surface area is 110 Å². The molecular formula is C11H10BrN3OS. The molecule has 0 aromatic carbocycles. The number of rotatable bonds is 1. The van der Waals surface area contributed by atoms with Gasteiger partial charge in [0, 0.05) is 22.0 Å². The van der Waals surface area contributed by atoms with E-state index in [1.807, 2.05) is 11.4 Å². The van der Waals surface area contributed by atoms with Crippen molar-refractivity contribution in [2.45, 2.75) is 13.0 Å². The summed E-state index contributed by atoms with van der Waals surface area (Å²) in [6, 6.07) is 1.96. The SMILES string of the molecule is O=c1[nH]c(-c2cc(Br)cs2)nc2c1CCNC2. The smallest absolute Gasteiger partial charge is 0.254 e. The highest BCUT2D eigenvalue weighted by Crippen LogP contribution is 2.27. The Kier molecular flexibility index (Phi) is 2.85. The Morgan fingerprint density at radius 3 is 3.12 bits per heavy atom. The largest absolute Gasteiger partial charge is 0.311 e. The van der Waals surface area contributed by atoms with Crippen molar-refractivity contribution in [1.29, 1.82) is 0 Å². The number of hydrogen-bond acceptors (Lipinski definition) is 4. The molecule has 4 nitrogen and oxygen atoms in total. The lowest BCUT2D eigenvalue weighted by Gasteiger charge is -2.15. The quantitative estimate of drug-likeness (QED) is 0.846. The van der Waals surface area contributed by atoms with E-state index in [2.05, 4.69) is 31.2 Å². The molecule has 0 radical (unpaired) electrons. The van der Waals surface area contributed by atoms with Gasteiger partial charge in [0.15, 0.2) is 5.82 Å². The van der Waals surface area contributed by atoms with Gasteiger partial charge in [0.2, 0.25) is 0 Å². The minimum absolute atomic E-state index is 0.00368. The van der Waals surface area contributed by atoms with Gasteiger partial charge in [-0.2, -0.15) is 0 Å². The molecule has 0 amide bonds. The zero-order valence-electron chi connectivity index (χ0n) is 8.92. The maximum atomic E-state index is 11.9. The molecule has 0 saturated heterocycles. The van der Waals surface area contributed by atoms with Crippen molar-refractivity contribution in [2.75, 3.05) is 6.54 Å². The van der Waals surface area contributed by atoms with Crippen molar-refractivity contribution in [3.8, 4) is 10.7 Å². The first-order valence-electron chi connectivity index (χ1n) is 5.31. The number of fused-ring (bicyclic) bond motifs is 1. The number of aromatic nitrogens is 2. The average Bonchev–Trinajstić information content (AvgIpc) is 2.76. The molecule has 17 heavy (non-hydrogen) atoms. The van der Waals surface area contributed by atoms with Crippen LogP contribution in [0.15, 0.2) is 20.7 Å². The van der Waals surface area contributed by atoms with Gasteiger partial charge in [-0.1, -0.05) is 0 Å². The fraction of sp³-hybridized carbons (Fsp3) is 0.273. The molecule has 0 spiro atoms. The summed E-state index contributed by atoms with van der Waals surface area (Å²) < 4.78 is 1.01. The van der Waals surface area contributed by atoms with E-state index < -0.39 is 0 Å². The summed E-state index contributed by atoms with van der Waals surface area (Å²) in [7, 11) is 0. The number of thiophene rings is 1. The van der Waals surface area contributed by atoms with Crippen LogP contribution in [-0.4, -0.2) is 16.5 Å². The van der Waals surface area contributed by atoms with E-state index in [0.717, 1.165) is 33.6 Å². The van der Waals surface area contributed by atoms with E-state index in [-0.39, 0.29) is 5.56 Å². The van der Waals surface area contributed by atoms with Gasteiger partial charge < -0.3 is 10.3 Å². The molecule has 88 valence electrons. The third kappa shape index (κ3) is 2.08. The highest BCUT2D eigenvalue weighted by Gasteiger charge is 2.16. The molecular weight excluding hydrogens is 302 g/mol. The van der Waals surface area contributed by atoms with Gasteiger partial charge in [-0.15, -0.1) is 11.3 Å². The summed E-state index contributed by atoms with van der Waals surface area (Å²) in [4.78, 5) is 20.3. The van der Waals surface area contributed by atoms with E-state index in [0.29, 0.717) is 12.4 Å². The maximum absolute atomic E-state index is 11.9. The van der Waals surface area contributed by atoms with Crippen LogP contribution in [0.1, 0.15) is 11.3 Å². The maximum Gasteiger partial charge on any atom is 0.254 e. The van der Waals surface area contributed by atoms with Crippen LogP contribution >= 0.6 is 27.3 Å². The Balaban J connectivity index is 2.13. The highest BCUT2D eigenvalue weighted by atomic mass is 79.9. The number of halogens is 1. The zero-order valence-corrected chi connectivity index (χ0v) is 11.3. The Morgan fingerprint density at radius 2 is 2.35 bits per heavy atom. The molecule has 2 aromatic heterocycles. The van der Waals surface area contributed by atoms with Crippen LogP contribution < -0.4 is 10.9 Å². The first kappa shape index (κ1) is 11.1. The number of hydrogen-bond donors (Lipinski definition) is 2. The van der Waals surface area contributed by atoms with Gasteiger partial charge in [-0.3, -0.25) is 4.79 Å². The number of nitrogens with one attached hydrogen (secondary N) is 2. The van der Waals surface area contributed by atoms with Gasteiger partial charge in [-0.05, 0) is 35.0 Å². The van der Waals surface area contributed by atoms with Crippen LogP contribution in [0.3, 0.4) is 0 Å². The molecule has 1 aliphatic heterocycles. The van der Waals surface area contributed by atoms with Gasteiger partial charge >= 0.3 is 0 Å². The van der Waals surface area contributed by atoms with Crippen molar-refractivity contribution in [3.63, 3.8) is 0 Å². The zero-order chi connectivity index (χ0) is 11.8. The molecule has 2 aromatic rings. The van der Waals surface area contributed by atoms with E-state index in [4.69, 9.17) is 0 Å². The second-order valence-corrected chi connectivity index (χ2v) is 5.72. The lowest BCUT2D eigenvalue weighted by molar-refractivity contribution is 0.619. The lowest BCUT2D eigenvalue weighted by atomic mass is 10.1. The molecule has 0 atom stereocenters. The van der Waals surface area contributed by atoms with Crippen LogP contribution in [-0.2, 0) is 13.0 Å². The van der Waals surface area contributed by atoms with E-state index in [9.17, 15) is 4.79 Å². The fourth-order valence-corrected chi connectivity index (χ4v) is 3.29. The monoisotopic (exact) mass is 311 g/mol. The predicted molar refractivity (Wildman–Crippen MR) is 71.3 cm³/mol. The van der Waals surface area contributed by atoms with Gasteiger partial charge in [0.25, 0.3) is 5.56 Å². The Hall–Kier alpha value is -0.980. The third-order valence-corrected chi connectivity index (χ3v) is 4.44. The summed E-state index contributed by atoms with van der Waals surface area (Å²) in [5.41, 5.74) is 1.69.